The summed E-state index contributed by atoms with van der Waals surface area (Å²) in [5.41, 5.74) is 0. The summed E-state index contributed by atoms with van der Waals surface area (Å²) in [5, 5.41) is 0. The molecule has 72 valence electrons. The second kappa shape index (κ2) is 7.67. The van der Waals surface area contributed by atoms with Gasteiger partial charge in [0.2, 0.25) is 0 Å². The van der Waals surface area contributed by atoms with Crippen molar-refractivity contribution in [2.75, 3.05) is 6.61 Å². The molecular formula is C10H11N3O. The molecule has 0 saturated carbocycles. The SMILES string of the molecule is C1=CN=CC=COCC=CN=CN=C1. The van der Waals surface area contributed by atoms with E-state index in [0.717, 1.165) is 0 Å². The highest BCUT2D eigenvalue weighted by Crippen LogP contribution is 1.82. The first-order valence-electron chi connectivity index (χ1n) is 4.15. The minimum Gasteiger partial charge on any atom is -0.497 e. The van der Waals surface area contributed by atoms with Crippen molar-refractivity contribution in [1.29, 1.82) is 0 Å². The third-order valence-electron chi connectivity index (χ3n) is 1.21. The third-order valence-corrected chi connectivity index (χ3v) is 1.21. The molecule has 0 amide bonds. The summed E-state index contributed by atoms with van der Waals surface area (Å²) in [6, 6.07) is 0. The van der Waals surface area contributed by atoms with Crippen LogP contribution in [-0.4, -0.2) is 25.4 Å². The fourth-order valence-corrected chi connectivity index (χ4v) is 0.658. The molecule has 4 heteroatoms. The van der Waals surface area contributed by atoms with Crippen molar-refractivity contribution in [3.8, 4) is 0 Å². The molecule has 0 aromatic carbocycles. The van der Waals surface area contributed by atoms with Crippen LogP contribution in [0, 0.1) is 0 Å². The van der Waals surface area contributed by atoms with E-state index < -0.39 is 0 Å². The zero-order valence-corrected chi connectivity index (χ0v) is 7.65. The fraction of sp³-hybridized carbons (Fsp3) is 0.100. The molecule has 1 rings (SSSR count). The van der Waals surface area contributed by atoms with Crippen LogP contribution in [0.5, 0.6) is 0 Å². The zero-order valence-electron chi connectivity index (χ0n) is 7.65. The summed E-state index contributed by atoms with van der Waals surface area (Å²) in [6.07, 6.45) is 14.7. The van der Waals surface area contributed by atoms with Crippen LogP contribution in [-0.2, 0) is 4.74 Å². The van der Waals surface area contributed by atoms with E-state index in [1.165, 1.54) is 6.34 Å². The molecule has 0 fully saturated rings. The van der Waals surface area contributed by atoms with Gasteiger partial charge < -0.3 is 4.74 Å². The second-order valence-corrected chi connectivity index (χ2v) is 2.25. The van der Waals surface area contributed by atoms with Gasteiger partial charge in [-0.25, -0.2) is 9.98 Å². The summed E-state index contributed by atoms with van der Waals surface area (Å²) in [6.45, 7) is 0.487. The molecule has 4 nitrogen and oxygen atoms in total. The molecule has 0 N–H and O–H groups in total. The number of hydrogen-bond acceptors (Lipinski definition) is 4. The lowest BCUT2D eigenvalue weighted by Gasteiger charge is -1.90. The highest BCUT2D eigenvalue weighted by atomic mass is 16.5. The zero-order chi connectivity index (χ0) is 9.90. The highest BCUT2D eigenvalue weighted by molar-refractivity contribution is 5.80. The van der Waals surface area contributed by atoms with Crippen LogP contribution in [0.1, 0.15) is 0 Å². The van der Waals surface area contributed by atoms with E-state index in [1.807, 2.05) is 0 Å². The largest absolute Gasteiger partial charge is 0.497 e. The van der Waals surface area contributed by atoms with Crippen molar-refractivity contribution in [2.24, 2.45) is 15.0 Å². The van der Waals surface area contributed by atoms with Gasteiger partial charge in [0.25, 0.3) is 0 Å². The maximum Gasteiger partial charge on any atom is 0.115 e. The molecule has 0 spiro atoms. The van der Waals surface area contributed by atoms with E-state index in [9.17, 15) is 0 Å². The Hall–Kier alpha value is -1.97. The van der Waals surface area contributed by atoms with Crippen LogP contribution >= 0.6 is 0 Å². The molecule has 1 heterocycles. The molecule has 0 unspecified atom stereocenters. The van der Waals surface area contributed by atoms with Gasteiger partial charge in [-0.3, -0.25) is 4.99 Å². The molecule has 1 aliphatic rings. The minimum absolute atomic E-state index is 0.487. The van der Waals surface area contributed by atoms with Crippen LogP contribution in [0.3, 0.4) is 0 Å². The molecule has 0 aromatic heterocycles. The number of rotatable bonds is 0. The predicted molar refractivity (Wildman–Crippen MR) is 58.8 cm³/mol. The van der Waals surface area contributed by atoms with Crippen molar-refractivity contribution in [3.63, 3.8) is 0 Å². The standard InChI is InChI=1S/C10H11N3O/c1-4-11-6-2-8-14-9-3-7-13-10-12-5-1/h1-8,10H,9H2. The van der Waals surface area contributed by atoms with Gasteiger partial charge in [0, 0.05) is 24.8 Å². The molecule has 0 aliphatic carbocycles. The Morgan fingerprint density at radius 3 is 2.86 bits per heavy atom. The van der Waals surface area contributed by atoms with Crippen molar-refractivity contribution >= 4 is 18.8 Å². The highest BCUT2D eigenvalue weighted by Gasteiger charge is 1.73. The van der Waals surface area contributed by atoms with Gasteiger partial charge in [-0.1, -0.05) is 0 Å². The first kappa shape index (κ1) is 10.1. The van der Waals surface area contributed by atoms with Crippen LogP contribution < -0.4 is 0 Å². The van der Waals surface area contributed by atoms with E-state index in [0.29, 0.717) is 6.61 Å². The second-order valence-electron chi connectivity index (χ2n) is 2.25. The van der Waals surface area contributed by atoms with Gasteiger partial charge in [0.1, 0.15) is 12.9 Å². The van der Waals surface area contributed by atoms with E-state index in [2.05, 4.69) is 15.0 Å². The summed E-state index contributed by atoms with van der Waals surface area (Å²) in [4.78, 5) is 11.7. The van der Waals surface area contributed by atoms with Gasteiger partial charge in [0.05, 0.1) is 6.26 Å². The van der Waals surface area contributed by atoms with Crippen LogP contribution in [0.4, 0.5) is 0 Å². The molecular weight excluding hydrogens is 178 g/mol. The van der Waals surface area contributed by atoms with Crippen LogP contribution in [0.15, 0.2) is 51.9 Å². The van der Waals surface area contributed by atoms with Gasteiger partial charge in [-0.15, -0.1) is 0 Å². The van der Waals surface area contributed by atoms with E-state index in [-0.39, 0.29) is 0 Å². The van der Waals surface area contributed by atoms with Crippen molar-refractivity contribution < 1.29 is 4.74 Å². The summed E-state index contributed by atoms with van der Waals surface area (Å²) in [7, 11) is 0. The first-order valence-corrected chi connectivity index (χ1v) is 4.15. The number of aliphatic imine (C=N–C) groups is 3. The summed E-state index contributed by atoms with van der Waals surface area (Å²) in [5.74, 6) is 0. The molecule has 14 heavy (non-hydrogen) atoms. The number of hydrogen-bond donors (Lipinski definition) is 0. The lowest BCUT2D eigenvalue weighted by molar-refractivity contribution is 0.290. The lowest BCUT2D eigenvalue weighted by Crippen LogP contribution is -1.80. The predicted octanol–water partition coefficient (Wildman–Crippen LogP) is 1.73. The minimum atomic E-state index is 0.487. The summed E-state index contributed by atoms with van der Waals surface area (Å²) < 4.78 is 5.08. The maximum atomic E-state index is 5.08. The van der Waals surface area contributed by atoms with Gasteiger partial charge in [-0.2, -0.15) is 0 Å². The number of allylic oxidation sites excluding steroid dienone is 2. The fourth-order valence-electron chi connectivity index (χ4n) is 0.658. The molecule has 0 aromatic rings. The van der Waals surface area contributed by atoms with Gasteiger partial charge in [-0.05, 0) is 18.2 Å². The molecule has 1 aliphatic heterocycles. The van der Waals surface area contributed by atoms with E-state index >= 15 is 0 Å². The Kier molecular flexibility index (Phi) is 5.54. The van der Waals surface area contributed by atoms with E-state index in [1.54, 1.807) is 49.3 Å². The number of ether oxygens (including phenoxy) is 1. The quantitative estimate of drug-likeness (QED) is 0.572. The first-order chi connectivity index (χ1) is 7.00. The van der Waals surface area contributed by atoms with Crippen LogP contribution in [0.2, 0.25) is 0 Å². The number of nitrogens with zero attached hydrogens (tertiary/aromatic N) is 3. The Bertz CT molecular complexity index is 279. The molecule has 0 saturated heterocycles. The monoisotopic (exact) mass is 189 g/mol. The smallest absolute Gasteiger partial charge is 0.115 e. The van der Waals surface area contributed by atoms with Crippen molar-refractivity contribution in [1.82, 2.24) is 0 Å². The topological polar surface area (TPSA) is 46.3 Å². The van der Waals surface area contributed by atoms with Gasteiger partial charge >= 0.3 is 0 Å². The Balaban J connectivity index is 2.56. The van der Waals surface area contributed by atoms with Crippen LogP contribution in [0.25, 0.3) is 0 Å². The maximum absolute atomic E-state index is 5.08. The Morgan fingerprint density at radius 2 is 1.86 bits per heavy atom. The van der Waals surface area contributed by atoms with E-state index in [4.69, 9.17) is 4.74 Å². The Labute approximate surface area is 82.7 Å². The lowest BCUT2D eigenvalue weighted by atomic mass is 10.6. The van der Waals surface area contributed by atoms with Gasteiger partial charge in [0.15, 0.2) is 0 Å². The third kappa shape index (κ3) is 5.65. The van der Waals surface area contributed by atoms with Crippen molar-refractivity contribution in [3.05, 3.63) is 36.9 Å². The molecule has 0 atom stereocenters. The van der Waals surface area contributed by atoms with Crippen molar-refractivity contribution in [2.45, 2.75) is 0 Å². The average Bonchev–Trinajstić information content (AvgIpc) is 2.22. The average molecular weight is 189 g/mol. The normalized spacial score (nSPS) is 16.6. The molecule has 0 radical (unpaired) electrons. The summed E-state index contributed by atoms with van der Waals surface area (Å²) >= 11 is 0. The Morgan fingerprint density at radius 1 is 0.929 bits per heavy atom. The molecule has 0 bridgehead atoms.